The fourth-order valence-electron chi connectivity index (χ4n) is 4.52. The lowest BCUT2D eigenvalue weighted by molar-refractivity contribution is -0.130. The van der Waals surface area contributed by atoms with Gasteiger partial charge in [-0.15, -0.1) is 0 Å². The van der Waals surface area contributed by atoms with Gasteiger partial charge in [0.2, 0.25) is 5.91 Å². The smallest absolute Gasteiger partial charge is 0.263 e. The number of nitrogens with one attached hydrogen (secondary N) is 2. The van der Waals surface area contributed by atoms with Crippen molar-refractivity contribution < 1.29 is 17.9 Å². The highest BCUT2D eigenvalue weighted by atomic mass is 32.2. The zero-order chi connectivity index (χ0) is 22.3. The number of fused-ring (bicyclic) bond motifs is 2. The molecule has 1 aromatic heterocycles. The summed E-state index contributed by atoms with van der Waals surface area (Å²) >= 11 is 0. The van der Waals surface area contributed by atoms with E-state index in [0.29, 0.717) is 24.6 Å². The maximum atomic E-state index is 12.7. The van der Waals surface area contributed by atoms with Crippen LogP contribution >= 0.6 is 0 Å². The van der Waals surface area contributed by atoms with Gasteiger partial charge in [-0.25, -0.2) is 8.42 Å². The molecule has 1 fully saturated rings. The molecule has 166 valence electrons. The molecule has 0 saturated carbocycles. The quantitative estimate of drug-likeness (QED) is 0.635. The summed E-state index contributed by atoms with van der Waals surface area (Å²) < 4.78 is 32.2. The van der Waals surface area contributed by atoms with E-state index >= 15 is 0 Å². The minimum atomic E-state index is -3.60. The Bertz CT molecular complexity index is 1320. The van der Waals surface area contributed by atoms with Crippen molar-refractivity contribution in [1.82, 2.24) is 14.6 Å². The van der Waals surface area contributed by atoms with E-state index in [1.54, 1.807) is 25.3 Å². The first-order valence-electron chi connectivity index (χ1n) is 10.6. The van der Waals surface area contributed by atoms with Crippen molar-refractivity contribution >= 4 is 32.7 Å². The Hall–Kier alpha value is -3.33. The van der Waals surface area contributed by atoms with Gasteiger partial charge in [-0.2, -0.15) is 0 Å². The molecule has 2 aliphatic heterocycles. The Kier molecular flexibility index (Phi) is 5.13. The zero-order valence-corrected chi connectivity index (χ0v) is 18.5. The number of amidine groups is 1. The van der Waals surface area contributed by atoms with Crippen molar-refractivity contribution in [3.8, 4) is 5.75 Å². The number of rotatable bonds is 4. The fourth-order valence-corrected chi connectivity index (χ4v) is 5.77. The molecule has 9 heteroatoms. The van der Waals surface area contributed by atoms with Crippen molar-refractivity contribution in [1.29, 1.82) is 0 Å². The minimum absolute atomic E-state index is 0.0822. The first kappa shape index (κ1) is 20.6. The predicted octanol–water partition coefficient (Wildman–Crippen LogP) is 2.62. The Morgan fingerprint density at radius 3 is 2.75 bits per heavy atom. The van der Waals surface area contributed by atoms with Crippen LogP contribution < -0.4 is 9.46 Å². The molecule has 32 heavy (non-hydrogen) atoms. The van der Waals surface area contributed by atoms with Gasteiger partial charge in [-0.1, -0.05) is 12.1 Å². The number of carbonyl (C=O) groups excluding carboxylic acids is 1. The molecule has 2 aromatic carbocycles. The summed E-state index contributed by atoms with van der Waals surface area (Å²) in [6.07, 6.45) is 3.78. The number of aromatic amines is 1. The van der Waals surface area contributed by atoms with Crippen molar-refractivity contribution in [2.24, 2.45) is 4.99 Å². The number of ether oxygens (including phenoxy) is 1. The van der Waals surface area contributed by atoms with E-state index in [4.69, 9.17) is 4.74 Å². The average molecular weight is 453 g/mol. The van der Waals surface area contributed by atoms with E-state index in [2.05, 4.69) is 27.0 Å². The number of sulfonamides is 1. The van der Waals surface area contributed by atoms with E-state index in [0.717, 1.165) is 29.5 Å². The van der Waals surface area contributed by atoms with Gasteiger partial charge in [-0.3, -0.25) is 14.5 Å². The number of amides is 1. The van der Waals surface area contributed by atoms with E-state index in [9.17, 15) is 13.2 Å². The molecule has 0 unspecified atom stereocenters. The molecule has 2 aliphatic rings. The standard InChI is InChI=1S/C23H24N4O4S/c1-31-16-6-7-20-18(12-16)19(13-24-20)15-8-10-27(11-9-15)22(28)14-25-23-17-4-2-3-5-21(17)32(29,30)26-23/h2-7,12-13,15,24H,8-11,14H2,1H3,(H,25,26). The maximum absolute atomic E-state index is 12.7. The predicted molar refractivity (Wildman–Crippen MR) is 122 cm³/mol. The molecule has 5 rings (SSSR count). The van der Waals surface area contributed by atoms with Crippen LogP contribution in [0.15, 0.2) is 58.5 Å². The van der Waals surface area contributed by atoms with Crippen LogP contribution in [0.4, 0.5) is 0 Å². The zero-order valence-electron chi connectivity index (χ0n) is 17.7. The van der Waals surface area contributed by atoms with Crippen LogP contribution in [-0.2, 0) is 14.8 Å². The van der Waals surface area contributed by atoms with Crippen LogP contribution in [-0.4, -0.2) is 56.8 Å². The summed E-state index contributed by atoms with van der Waals surface area (Å²) in [5.41, 5.74) is 2.84. The summed E-state index contributed by atoms with van der Waals surface area (Å²) in [6.45, 7) is 1.21. The number of likely N-dealkylation sites (tertiary alicyclic amines) is 1. The SMILES string of the molecule is COc1ccc2[nH]cc(C3CCN(C(=O)CN=C4NS(=O)(=O)c5ccccc54)CC3)c2c1. The topological polar surface area (TPSA) is 104 Å². The third-order valence-corrected chi connectivity index (χ3v) is 7.64. The molecular weight excluding hydrogens is 428 g/mol. The maximum Gasteiger partial charge on any atom is 0.263 e. The molecule has 0 radical (unpaired) electrons. The fraction of sp³-hybridized carbons (Fsp3) is 0.304. The Balaban J connectivity index is 1.25. The third-order valence-electron chi connectivity index (χ3n) is 6.24. The number of methoxy groups -OCH3 is 1. The molecule has 0 spiro atoms. The summed E-state index contributed by atoms with van der Waals surface area (Å²) in [6, 6.07) is 12.7. The summed E-state index contributed by atoms with van der Waals surface area (Å²) in [7, 11) is -1.94. The summed E-state index contributed by atoms with van der Waals surface area (Å²) in [5.74, 6) is 1.32. The second-order valence-electron chi connectivity index (χ2n) is 8.08. The first-order valence-corrected chi connectivity index (χ1v) is 12.0. The second kappa shape index (κ2) is 7.98. The first-order chi connectivity index (χ1) is 15.5. The van der Waals surface area contributed by atoms with Crippen molar-refractivity contribution in [3.63, 3.8) is 0 Å². The molecule has 1 amide bonds. The van der Waals surface area contributed by atoms with Crippen LogP contribution in [0.1, 0.15) is 29.9 Å². The lowest BCUT2D eigenvalue weighted by Crippen LogP contribution is -2.39. The second-order valence-corrected chi connectivity index (χ2v) is 9.73. The Morgan fingerprint density at radius 1 is 1.19 bits per heavy atom. The van der Waals surface area contributed by atoms with Crippen molar-refractivity contribution in [3.05, 3.63) is 59.8 Å². The van der Waals surface area contributed by atoms with E-state index in [-0.39, 0.29) is 23.2 Å². The molecule has 0 aliphatic carbocycles. The number of benzene rings is 2. The molecular formula is C23H24N4O4S. The van der Waals surface area contributed by atoms with Crippen LogP contribution in [0.25, 0.3) is 10.9 Å². The van der Waals surface area contributed by atoms with E-state index in [1.807, 2.05) is 17.0 Å². The van der Waals surface area contributed by atoms with Gasteiger partial charge in [0.05, 0.1) is 12.0 Å². The molecule has 8 nitrogen and oxygen atoms in total. The van der Waals surface area contributed by atoms with Crippen LogP contribution in [0.5, 0.6) is 5.75 Å². The molecule has 3 aromatic rings. The van der Waals surface area contributed by atoms with Gasteiger partial charge in [0.25, 0.3) is 10.0 Å². The third kappa shape index (κ3) is 3.62. The van der Waals surface area contributed by atoms with Crippen molar-refractivity contribution in [2.75, 3.05) is 26.7 Å². The van der Waals surface area contributed by atoms with Crippen molar-refractivity contribution in [2.45, 2.75) is 23.7 Å². The number of hydrogen-bond donors (Lipinski definition) is 2. The van der Waals surface area contributed by atoms with Crippen LogP contribution in [0.2, 0.25) is 0 Å². The number of aromatic nitrogens is 1. The largest absolute Gasteiger partial charge is 0.497 e. The molecule has 3 heterocycles. The Morgan fingerprint density at radius 2 is 1.97 bits per heavy atom. The highest BCUT2D eigenvalue weighted by molar-refractivity contribution is 7.90. The lowest BCUT2D eigenvalue weighted by Gasteiger charge is -2.31. The van der Waals surface area contributed by atoms with Crippen LogP contribution in [0.3, 0.4) is 0 Å². The Labute approximate surface area is 186 Å². The molecule has 0 atom stereocenters. The van der Waals surface area contributed by atoms with E-state index in [1.165, 1.54) is 11.6 Å². The highest BCUT2D eigenvalue weighted by Gasteiger charge is 2.31. The van der Waals surface area contributed by atoms with Gasteiger partial charge in [0.1, 0.15) is 18.1 Å². The normalized spacial score (nSPS) is 19.2. The van der Waals surface area contributed by atoms with Gasteiger partial charge in [0.15, 0.2) is 0 Å². The number of piperidine rings is 1. The van der Waals surface area contributed by atoms with Crippen LogP contribution in [0, 0.1) is 0 Å². The number of hydrogen-bond acceptors (Lipinski definition) is 5. The van der Waals surface area contributed by atoms with Gasteiger partial charge < -0.3 is 14.6 Å². The van der Waals surface area contributed by atoms with Gasteiger partial charge in [0, 0.05) is 35.8 Å². The van der Waals surface area contributed by atoms with Gasteiger partial charge >= 0.3 is 0 Å². The highest BCUT2D eigenvalue weighted by Crippen LogP contribution is 2.34. The number of nitrogens with zero attached hydrogens (tertiary/aromatic N) is 2. The van der Waals surface area contributed by atoms with Gasteiger partial charge in [-0.05, 0) is 54.7 Å². The monoisotopic (exact) mass is 452 g/mol. The lowest BCUT2D eigenvalue weighted by atomic mass is 9.89. The number of carbonyl (C=O) groups is 1. The molecule has 2 N–H and O–H groups in total. The molecule has 1 saturated heterocycles. The van der Waals surface area contributed by atoms with E-state index < -0.39 is 10.0 Å². The minimum Gasteiger partial charge on any atom is -0.497 e. The summed E-state index contributed by atoms with van der Waals surface area (Å²) in [4.78, 5) is 22.4. The summed E-state index contributed by atoms with van der Waals surface area (Å²) in [5, 5.41) is 1.16. The number of aliphatic imine (C=N–C) groups is 1. The molecule has 0 bridgehead atoms. The number of H-pyrrole nitrogens is 1. The average Bonchev–Trinajstić information content (AvgIpc) is 3.35.